The van der Waals surface area contributed by atoms with Gasteiger partial charge in [0.05, 0.1) is 17.2 Å². The van der Waals surface area contributed by atoms with E-state index in [2.05, 4.69) is 6.58 Å². The summed E-state index contributed by atoms with van der Waals surface area (Å²) < 4.78 is 38.7. The van der Waals surface area contributed by atoms with Crippen LogP contribution in [0.2, 0.25) is 0 Å². The van der Waals surface area contributed by atoms with Crippen molar-refractivity contribution < 1.29 is 13.2 Å². The molecule has 0 heterocycles. The molecule has 1 nitrogen and oxygen atoms in total. The van der Waals surface area contributed by atoms with Crippen LogP contribution in [0.25, 0.3) is 0 Å². The SMILES string of the molecule is C=CC(c1ccc(C#N)c(C(F)(F)F)c1)C(C)(C)C. The molecule has 19 heavy (non-hydrogen) atoms. The van der Waals surface area contributed by atoms with Crippen molar-refractivity contribution in [3.05, 3.63) is 47.5 Å². The van der Waals surface area contributed by atoms with Crippen molar-refractivity contribution in [3.8, 4) is 6.07 Å². The van der Waals surface area contributed by atoms with E-state index in [0.29, 0.717) is 5.56 Å². The highest BCUT2D eigenvalue weighted by atomic mass is 19.4. The van der Waals surface area contributed by atoms with E-state index in [1.54, 1.807) is 18.2 Å². The molecule has 0 amide bonds. The molecule has 0 aliphatic heterocycles. The van der Waals surface area contributed by atoms with Gasteiger partial charge in [-0.05, 0) is 23.1 Å². The van der Waals surface area contributed by atoms with Crippen LogP contribution >= 0.6 is 0 Å². The quantitative estimate of drug-likeness (QED) is 0.700. The highest BCUT2D eigenvalue weighted by Gasteiger charge is 2.35. The van der Waals surface area contributed by atoms with Crippen molar-refractivity contribution in [3.63, 3.8) is 0 Å². The molecular weight excluding hydrogens is 251 g/mol. The fourth-order valence-electron chi connectivity index (χ4n) is 2.08. The molecule has 1 aromatic carbocycles. The van der Waals surface area contributed by atoms with Crippen LogP contribution in [0.5, 0.6) is 0 Å². The van der Waals surface area contributed by atoms with E-state index in [9.17, 15) is 13.2 Å². The first-order chi connectivity index (χ1) is 8.61. The number of nitriles is 1. The van der Waals surface area contributed by atoms with E-state index in [0.717, 1.165) is 6.07 Å². The maximum Gasteiger partial charge on any atom is 0.417 e. The van der Waals surface area contributed by atoms with Gasteiger partial charge in [-0.2, -0.15) is 18.4 Å². The number of allylic oxidation sites excluding steroid dienone is 1. The predicted octanol–water partition coefficient (Wildman–Crippen LogP) is 4.89. The molecular formula is C15H16F3N. The van der Waals surface area contributed by atoms with Crippen LogP contribution in [0.1, 0.15) is 43.4 Å². The monoisotopic (exact) mass is 267 g/mol. The van der Waals surface area contributed by atoms with E-state index in [4.69, 9.17) is 5.26 Å². The number of alkyl halides is 3. The minimum Gasteiger partial charge on any atom is -0.192 e. The van der Waals surface area contributed by atoms with Crippen LogP contribution in [0.4, 0.5) is 13.2 Å². The molecule has 0 aliphatic carbocycles. The minimum absolute atomic E-state index is 0.207. The highest BCUT2D eigenvalue weighted by Crippen LogP contribution is 2.39. The summed E-state index contributed by atoms with van der Waals surface area (Å²) in [7, 11) is 0. The fourth-order valence-corrected chi connectivity index (χ4v) is 2.08. The molecule has 1 rings (SSSR count). The normalized spacial score (nSPS) is 13.7. The summed E-state index contributed by atoms with van der Waals surface area (Å²) in [5.74, 6) is -0.207. The zero-order valence-corrected chi connectivity index (χ0v) is 11.2. The molecule has 4 heteroatoms. The lowest BCUT2D eigenvalue weighted by Crippen LogP contribution is -2.17. The van der Waals surface area contributed by atoms with Crippen LogP contribution in [0, 0.1) is 16.7 Å². The summed E-state index contributed by atoms with van der Waals surface area (Å²) in [5, 5.41) is 8.76. The van der Waals surface area contributed by atoms with Gasteiger partial charge in [0, 0.05) is 5.92 Å². The van der Waals surface area contributed by atoms with Crippen molar-refractivity contribution in [2.24, 2.45) is 5.41 Å². The Balaban J connectivity index is 3.42. The van der Waals surface area contributed by atoms with Gasteiger partial charge in [0.1, 0.15) is 0 Å². The first-order valence-electron chi connectivity index (χ1n) is 5.85. The van der Waals surface area contributed by atoms with E-state index < -0.39 is 11.7 Å². The van der Waals surface area contributed by atoms with Gasteiger partial charge in [0.25, 0.3) is 0 Å². The summed E-state index contributed by atoms with van der Waals surface area (Å²) in [6.45, 7) is 9.50. The molecule has 0 saturated heterocycles. The first-order valence-corrected chi connectivity index (χ1v) is 5.85. The van der Waals surface area contributed by atoms with Crippen LogP contribution in [0.3, 0.4) is 0 Å². The summed E-state index contributed by atoms with van der Waals surface area (Å²) in [5.41, 5.74) is -0.955. The molecule has 0 N–H and O–H groups in total. The van der Waals surface area contributed by atoms with Crippen molar-refractivity contribution >= 4 is 0 Å². The molecule has 0 radical (unpaired) electrons. The molecule has 0 spiro atoms. The summed E-state index contributed by atoms with van der Waals surface area (Å²) in [6, 6.07) is 5.41. The molecule has 0 aliphatic rings. The average Bonchev–Trinajstić information content (AvgIpc) is 2.26. The Morgan fingerprint density at radius 3 is 2.21 bits per heavy atom. The number of rotatable bonds is 2. The van der Waals surface area contributed by atoms with Crippen molar-refractivity contribution in [2.45, 2.75) is 32.9 Å². The molecule has 0 fully saturated rings. The van der Waals surface area contributed by atoms with Gasteiger partial charge in [0.2, 0.25) is 0 Å². The first kappa shape index (κ1) is 15.3. The lowest BCUT2D eigenvalue weighted by atomic mass is 9.76. The van der Waals surface area contributed by atoms with Crippen LogP contribution < -0.4 is 0 Å². The third-order valence-electron chi connectivity index (χ3n) is 3.00. The summed E-state index contributed by atoms with van der Waals surface area (Å²) >= 11 is 0. The number of benzene rings is 1. The molecule has 1 aromatic rings. The largest absolute Gasteiger partial charge is 0.417 e. The zero-order valence-electron chi connectivity index (χ0n) is 11.2. The standard InChI is InChI=1S/C15H16F3N/c1-5-12(14(2,3)4)10-6-7-11(9-19)13(8-10)15(16,17)18/h5-8,12H,1H2,2-4H3. The Labute approximate surface area is 111 Å². The van der Waals surface area contributed by atoms with Crippen LogP contribution in [0.15, 0.2) is 30.9 Å². The third kappa shape index (κ3) is 3.37. The van der Waals surface area contributed by atoms with Crippen molar-refractivity contribution in [1.82, 2.24) is 0 Å². The van der Waals surface area contributed by atoms with Gasteiger partial charge in [-0.25, -0.2) is 0 Å². The van der Waals surface area contributed by atoms with Gasteiger partial charge >= 0.3 is 6.18 Å². The van der Waals surface area contributed by atoms with Crippen LogP contribution in [-0.4, -0.2) is 0 Å². The zero-order chi connectivity index (χ0) is 14.8. The van der Waals surface area contributed by atoms with Gasteiger partial charge in [-0.1, -0.05) is 32.9 Å². The van der Waals surface area contributed by atoms with E-state index in [1.807, 2.05) is 20.8 Å². The maximum absolute atomic E-state index is 12.9. The Bertz CT molecular complexity index is 516. The van der Waals surface area contributed by atoms with Gasteiger partial charge < -0.3 is 0 Å². The van der Waals surface area contributed by atoms with E-state index in [1.165, 1.54) is 6.07 Å². The molecule has 102 valence electrons. The van der Waals surface area contributed by atoms with Crippen molar-refractivity contribution in [1.29, 1.82) is 5.26 Å². The Morgan fingerprint density at radius 2 is 1.84 bits per heavy atom. The third-order valence-corrected chi connectivity index (χ3v) is 3.00. The summed E-state index contributed by atoms with van der Waals surface area (Å²) in [4.78, 5) is 0. The Morgan fingerprint density at radius 1 is 1.26 bits per heavy atom. The smallest absolute Gasteiger partial charge is 0.192 e. The van der Waals surface area contributed by atoms with Gasteiger partial charge in [-0.3, -0.25) is 0 Å². The number of hydrogen-bond acceptors (Lipinski definition) is 1. The lowest BCUT2D eigenvalue weighted by Gasteiger charge is -2.29. The number of halogens is 3. The lowest BCUT2D eigenvalue weighted by molar-refractivity contribution is -0.137. The number of hydrogen-bond donors (Lipinski definition) is 0. The minimum atomic E-state index is -4.52. The number of nitrogens with zero attached hydrogens (tertiary/aromatic N) is 1. The van der Waals surface area contributed by atoms with Gasteiger partial charge in [0.15, 0.2) is 0 Å². The maximum atomic E-state index is 12.9. The molecule has 0 saturated carbocycles. The average molecular weight is 267 g/mol. The summed E-state index contributed by atoms with van der Waals surface area (Å²) in [6.07, 6.45) is -2.88. The second-order valence-corrected chi connectivity index (χ2v) is 5.49. The fraction of sp³-hybridized carbons (Fsp3) is 0.400. The van der Waals surface area contributed by atoms with Crippen LogP contribution in [-0.2, 0) is 6.18 Å². The molecule has 0 aromatic heterocycles. The molecule has 0 bridgehead atoms. The second kappa shape index (κ2) is 5.08. The molecule has 1 atom stereocenters. The second-order valence-electron chi connectivity index (χ2n) is 5.49. The molecule has 1 unspecified atom stereocenters. The Hall–Kier alpha value is -1.76. The Kier molecular flexibility index (Phi) is 4.09. The highest BCUT2D eigenvalue weighted by molar-refractivity contribution is 5.44. The van der Waals surface area contributed by atoms with Crippen molar-refractivity contribution in [2.75, 3.05) is 0 Å². The van der Waals surface area contributed by atoms with E-state index >= 15 is 0 Å². The van der Waals surface area contributed by atoms with E-state index in [-0.39, 0.29) is 16.9 Å². The van der Waals surface area contributed by atoms with Gasteiger partial charge in [-0.15, -0.1) is 6.58 Å². The topological polar surface area (TPSA) is 23.8 Å². The predicted molar refractivity (Wildman–Crippen MR) is 68.6 cm³/mol.